The minimum Gasteiger partial charge on any atom is -0.288 e. The highest BCUT2D eigenvalue weighted by molar-refractivity contribution is 9.10. The Bertz CT molecular complexity index is 594. The lowest BCUT2D eigenvalue weighted by atomic mass is 10.1. The minimum atomic E-state index is -0.394. The Morgan fingerprint density at radius 2 is 2.18 bits per heavy atom. The van der Waals surface area contributed by atoms with Crippen LogP contribution in [0.25, 0.3) is 0 Å². The number of aryl methyl sites for hydroxylation is 1. The molecule has 0 saturated carbocycles. The summed E-state index contributed by atoms with van der Waals surface area (Å²) >= 11 is 10.4. The van der Waals surface area contributed by atoms with Crippen molar-refractivity contribution in [3.8, 4) is 0 Å². The smallest absolute Gasteiger partial charge is 0.204 e. The summed E-state index contributed by atoms with van der Waals surface area (Å²) in [5.74, 6) is -0.580. The lowest BCUT2D eigenvalue weighted by Crippen LogP contribution is -2.00. The molecular formula is C12H7BrClFOS. The summed E-state index contributed by atoms with van der Waals surface area (Å²) in [6.45, 7) is 1.84. The highest BCUT2D eigenvalue weighted by atomic mass is 79.9. The van der Waals surface area contributed by atoms with E-state index in [2.05, 4.69) is 15.9 Å². The molecule has 0 unspecified atom stereocenters. The number of benzene rings is 1. The summed E-state index contributed by atoms with van der Waals surface area (Å²) in [6, 6.07) is 4.17. The van der Waals surface area contributed by atoms with Gasteiger partial charge in [0.25, 0.3) is 0 Å². The second-order valence-corrected chi connectivity index (χ2v) is 5.63. The van der Waals surface area contributed by atoms with E-state index in [4.69, 9.17) is 11.6 Å². The fourth-order valence-electron chi connectivity index (χ4n) is 1.35. The van der Waals surface area contributed by atoms with Gasteiger partial charge in [-0.1, -0.05) is 11.6 Å². The van der Waals surface area contributed by atoms with Crippen LogP contribution in [0.15, 0.2) is 28.1 Å². The highest BCUT2D eigenvalue weighted by Gasteiger charge is 2.17. The number of hydrogen-bond acceptors (Lipinski definition) is 2. The molecule has 0 N–H and O–H groups in total. The van der Waals surface area contributed by atoms with Gasteiger partial charge < -0.3 is 0 Å². The van der Waals surface area contributed by atoms with Gasteiger partial charge in [0.1, 0.15) is 5.82 Å². The van der Waals surface area contributed by atoms with Crippen LogP contribution in [0.4, 0.5) is 4.39 Å². The SMILES string of the molecule is Cc1csc(C(=O)c2ccc(F)c(Br)c2)c1Cl. The van der Waals surface area contributed by atoms with Gasteiger partial charge in [-0.25, -0.2) is 4.39 Å². The lowest BCUT2D eigenvalue weighted by molar-refractivity contribution is 0.104. The Balaban J connectivity index is 2.44. The first-order chi connectivity index (χ1) is 8.00. The van der Waals surface area contributed by atoms with Gasteiger partial charge in [-0.3, -0.25) is 4.79 Å². The van der Waals surface area contributed by atoms with E-state index in [0.717, 1.165) is 5.56 Å². The topological polar surface area (TPSA) is 17.1 Å². The third-order valence-corrected chi connectivity index (χ3v) is 4.59. The number of ketones is 1. The Hall–Kier alpha value is -0.710. The Morgan fingerprint density at radius 1 is 1.47 bits per heavy atom. The summed E-state index contributed by atoms with van der Waals surface area (Å²) in [5, 5.41) is 2.30. The molecule has 1 nitrogen and oxygen atoms in total. The molecule has 88 valence electrons. The molecule has 0 spiro atoms. The van der Waals surface area contributed by atoms with Gasteiger partial charge in [0.05, 0.1) is 14.4 Å². The Kier molecular flexibility index (Phi) is 3.66. The zero-order chi connectivity index (χ0) is 12.6. The summed E-state index contributed by atoms with van der Waals surface area (Å²) < 4.78 is 13.3. The zero-order valence-corrected chi connectivity index (χ0v) is 11.9. The minimum absolute atomic E-state index is 0.186. The molecule has 5 heteroatoms. The molecule has 1 aromatic heterocycles. The maximum Gasteiger partial charge on any atom is 0.204 e. The molecule has 0 atom stereocenters. The van der Waals surface area contributed by atoms with Crippen LogP contribution in [0.5, 0.6) is 0 Å². The van der Waals surface area contributed by atoms with Crippen molar-refractivity contribution < 1.29 is 9.18 Å². The molecule has 17 heavy (non-hydrogen) atoms. The molecule has 1 heterocycles. The predicted octanol–water partition coefficient (Wildman–Crippen LogP) is 4.84. The lowest BCUT2D eigenvalue weighted by Gasteiger charge is -2.01. The first-order valence-electron chi connectivity index (χ1n) is 4.74. The third-order valence-electron chi connectivity index (χ3n) is 2.29. The highest BCUT2D eigenvalue weighted by Crippen LogP contribution is 2.30. The molecule has 0 aliphatic carbocycles. The summed E-state index contributed by atoms with van der Waals surface area (Å²) in [6.07, 6.45) is 0. The van der Waals surface area contributed by atoms with Gasteiger partial charge in [0.2, 0.25) is 5.78 Å². The second kappa shape index (κ2) is 4.88. The molecule has 1 aromatic carbocycles. The van der Waals surface area contributed by atoms with Crippen molar-refractivity contribution in [3.05, 3.63) is 54.9 Å². The largest absolute Gasteiger partial charge is 0.288 e. The van der Waals surface area contributed by atoms with Crippen molar-refractivity contribution in [2.75, 3.05) is 0 Å². The molecule has 0 bridgehead atoms. The van der Waals surface area contributed by atoms with Crippen LogP contribution in [0.3, 0.4) is 0 Å². The van der Waals surface area contributed by atoms with Crippen molar-refractivity contribution in [3.63, 3.8) is 0 Å². The van der Waals surface area contributed by atoms with Crippen LogP contribution in [-0.2, 0) is 0 Å². The monoisotopic (exact) mass is 332 g/mol. The van der Waals surface area contributed by atoms with E-state index >= 15 is 0 Å². The Labute approximate surface area is 115 Å². The van der Waals surface area contributed by atoms with E-state index in [1.54, 1.807) is 0 Å². The number of hydrogen-bond donors (Lipinski definition) is 0. The first kappa shape index (κ1) is 12.7. The molecule has 2 rings (SSSR count). The third kappa shape index (κ3) is 2.44. The van der Waals surface area contributed by atoms with Crippen molar-refractivity contribution in [2.45, 2.75) is 6.92 Å². The van der Waals surface area contributed by atoms with E-state index in [1.165, 1.54) is 29.5 Å². The van der Waals surface area contributed by atoms with Crippen molar-refractivity contribution >= 4 is 44.7 Å². The van der Waals surface area contributed by atoms with Gasteiger partial charge in [-0.15, -0.1) is 11.3 Å². The second-order valence-electron chi connectivity index (χ2n) is 3.52. The van der Waals surface area contributed by atoms with E-state index in [1.807, 2.05) is 12.3 Å². The zero-order valence-electron chi connectivity index (χ0n) is 8.76. The number of carbonyl (C=O) groups excluding carboxylic acids is 1. The van der Waals surface area contributed by atoms with Crippen LogP contribution in [0.2, 0.25) is 5.02 Å². The van der Waals surface area contributed by atoms with Gasteiger partial charge in [-0.2, -0.15) is 0 Å². The average Bonchev–Trinajstić information content (AvgIpc) is 2.63. The fourth-order valence-corrected chi connectivity index (χ4v) is 2.97. The van der Waals surface area contributed by atoms with Crippen LogP contribution in [0.1, 0.15) is 20.8 Å². The molecule has 0 radical (unpaired) electrons. The van der Waals surface area contributed by atoms with Crippen LogP contribution >= 0.6 is 38.9 Å². The standard InChI is InChI=1S/C12H7BrClFOS/c1-6-5-17-12(10(6)14)11(16)7-2-3-9(15)8(13)4-7/h2-5H,1H3. The molecule has 0 fully saturated rings. The molecule has 0 aliphatic rings. The number of carbonyl (C=O) groups is 1. The predicted molar refractivity (Wildman–Crippen MR) is 71.6 cm³/mol. The Morgan fingerprint density at radius 3 is 2.71 bits per heavy atom. The number of halogens is 3. The van der Waals surface area contributed by atoms with Crippen molar-refractivity contribution in [2.24, 2.45) is 0 Å². The number of thiophene rings is 1. The summed E-state index contributed by atoms with van der Waals surface area (Å²) in [4.78, 5) is 12.6. The number of rotatable bonds is 2. The van der Waals surface area contributed by atoms with E-state index in [-0.39, 0.29) is 10.3 Å². The van der Waals surface area contributed by atoms with Crippen LogP contribution in [0, 0.1) is 12.7 Å². The van der Waals surface area contributed by atoms with E-state index < -0.39 is 5.82 Å². The van der Waals surface area contributed by atoms with Crippen molar-refractivity contribution in [1.82, 2.24) is 0 Å². The van der Waals surface area contributed by atoms with Crippen LogP contribution < -0.4 is 0 Å². The summed E-state index contributed by atoms with van der Waals surface area (Å²) in [7, 11) is 0. The van der Waals surface area contributed by atoms with E-state index in [0.29, 0.717) is 15.5 Å². The van der Waals surface area contributed by atoms with Gasteiger partial charge in [0, 0.05) is 5.56 Å². The van der Waals surface area contributed by atoms with Gasteiger partial charge in [0.15, 0.2) is 0 Å². The van der Waals surface area contributed by atoms with Crippen molar-refractivity contribution in [1.29, 1.82) is 0 Å². The molecule has 0 aliphatic heterocycles. The fraction of sp³-hybridized carbons (Fsp3) is 0.0833. The van der Waals surface area contributed by atoms with Gasteiger partial charge in [-0.05, 0) is 52.0 Å². The molecule has 0 saturated heterocycles. The first-order valence-corrected chi connectivity index (χ1v) is 6.79. The molecular weight excluding hydrogens is 327 g/mol. The van der Waals surface area contributed by atoms with E-state index in [9.17, 15) is 9.18 Å². The van der Waals surface area contributed by atoms with Gasteiger partial charge >= 0.3 is 0 Å². The molecule has 0 amide bonds. The molecule has 2 aromatic rings. The quantitative estimate of drug-likeness (QED) is 0.719. The van der Waals surface area contributed by atoms with Crippen LogP contribution in [-0.4, -0.2) is 5.78 Å². The normalized spacial score (nSPS) is 10.6. The maximum absolute atomic E-state index is 13.1. The summed E-state index contributed by atoms with van der Waals surface area (Å²) in [5.41, 5.74) is 1.29. The maximum atomic E-state index is 13.1. The average molecular weight is 334 g/mol.